The second-order valence-corrected chi connectivity index (χ2v) is 4.43. The van der Waals surface area contributed by atoms with Crippen molar-refractivity contribution in [2.45, 2.75) is 13.5 Å². The van der Waals surface area contributed by atoms with Crippen LogP contribution in [0.25, 0.3) is 10.9 Å². The van der Waals surface area contributed by atoms with Crippen molar-refractivity contribution in [3.05, 3.63) is 42.1 Å². The zero-order chi connectivity index (χ0) is 13.0. The standard InChI is InChI=1S/C14H17N3O/c1-10(14(15)18)8-16-9-12-5-2-4-11-6-3-7-17-13(11)12/h2-7,10,16H,8-9H2,1H3,(H2,15,18). The van der Waals surface area contributed by atoms with Crippen LogP contribution in [0.1, 0.15) is 12.5 Å². The van der Waals surface area contributed by atoms with Crippen molar-refractivity contribution in [2.24, 2.45) is 11.7 Å². The van der Waals surface area contributed by atoms with E-state index in [2.05, 4.69) is 10.3 Å². The third kappa shape index (κ3) is 2.84. The van der Waals surface area contributed by atoms with Gasteiger partial charge < -0.3 is 11.1 Å². The van der Waals surface area contributed by atoms with E-state index in [0.29, 0.717) is 13.1 Å². The number of primary amides is 1. The van der Waals surface area contributed by atoms with E-state index in [0.717, 1.165) is 16.5 Å². The van der Waals surface area contributed by atoms with Crippen LogP contribution < -0.4 is 11.1 Å². The van der Waals surface area contributed by atoms with Gasteiger partial charge in [-0.2, -0.15) is 0 Å². The third-order valence-electron chi connectivity index (χ3n) is 2.97. The lowest BCUT2D eigenvalue weighted by atomic mass is 10.1. The summed E-state index contributed by atoms with van der Waals surface area (Å²) in [5, 5.41) is 4.36. The van der Waals surface area contributed by atoms with E-state index in [4.69, 9.17) is 5.73 Å². The summed E-state index contributed by atoms with van der Waals surface area (Å²) in [6.45, 7) is 3.08. The monoisotopic (exact) mass is 243 g/mol. The third-order valence-corrected chi connectivity index (χ3v) is 2.97. The number of nitrogens with one attached hydrogen (secondary N) is 1. The number of hydrogen-bond donors (Lipinski definition) is 2. The SMILES string of the molecule is CC(CNCc1cccc2cccnc12)C(N)=O. The zero-order valence-electron chi connectivity index (χ0n) is 10.4. The number of para-hydroxylation sites is 1. The molecule has 0 aliphatic rings. The smallest absolute Gasteiger partial charge is 0.221 e. The second kappa shape index (κ2) is 5.60. The van der Waals surface area contributed by atoms with E-state index >= 15 is 0 Å². The molecule has 3 N–H and O–H groups in total. The number of fused-ring (bicyclic) bond motifs is 1. The molecule has 1 unspecified atom stereocenters. The number of pyridine rings is 1. The maximum absolute atomic E-state index is 10.9. The van der Waals surface area contributed by atoms with Gasteiger partial charge in [-0.1, -0.05) is 31.2 Å². The molecule has 0 saturated heterocycles. The van der Waals surface area contributed by atoms with Crippen LogP contribution in [-0.4, -0.2) is 17.4 Å². The number of rotatable bonds is 5. The van der Waals surface area contributed by atoms with Crippen LogP contribution in [0.3, 0.4) is 0 Å². The molecule has 0 saturated carbocycles. The van der Waals surface area contributed by atoms with E-state index in [1.807, 2.05) is 37.3 Å². The van der Waals surface area contributed by atoms with Crippen molar-refractivity contribution in [1.82, 2.24) is 10.3 Å². The van der Waals surface area contributed by atoms with Crippen molar-refractivity contribution in [3.8, 4) is 0 Å². The Balaban J connectivity index is 2.06. The number of nitrogens with zero attached hydrogens (tertiary/aromatic N) is 1. The molecule has 1 heterocycles. The zero-order valence-corrected chi connectivity index (χ0v) is 10.4. The van der Waals surface area contributed by atoms with Crippen molar-refractivity contribution in [1.29, 1.82) is 0 Å². The Morgan fingerprint density at radius 3 is 2.94 bits per heavy atom. The normalized spacial score (nSPS) is 12.5. The van der Waals surface area contributed by atoms with E-state index in [-0.39, 0.29) is 11.8 Å². The summed E-state index contributed by atoms with van der Waals surface area (Å²) < 4.78 is 0. The van der Waals surface area contributed by atoms with Crippen LogP contribution in [0.2, 0.25) is 0 Å². The predicted molar refractivity (Wildman–Crippen MR) is 71.8 cm³/mol. The molecule has 18 heavy (non-hydrogen) atoms. The molecule has 1 amide bonds. The summed E-state index contributed by atoms with van der Waals surface area (Å²) in [5.41, 5.74) is 7.34. The molecule has 94 valence electrons. The van der Waals surface area contributed by atoms with Gasteiger partial charge in [0.25, 0.3) is 0 Å². The molecule has 4 heteroatoms. The van der Waals surface area contributed by atoms with Gasteiger partial charge >= 0.3 is 0 Å². The Labute approximate surface area is 106 Å². The van der Waals surface area contributed by atoms with Crippen LogP contribution in [0, 0.1) is 5.92 Å². The number of hydrogen-bond acceptors (Lipinski definition) is 3. The number of benzene rings is 1. The highest BCUT2D eigenvalue weighted by molar-refractivity contribution is 5.81. The summed E-state index contributed by atoms with van der Waals surface area (Å²) in [4.78, 5) is 15.3. The highest BCUT2D eigenvalue weighted by Gasteiger charge is 2.08. The Morgan fingerprint density at radius 2 is 2.17 bits per heavy atom. The maximum atomic E-state index is 10.9. The molecule has 2 rings (SSSR count). The van der Waals surface area contributed by atoms with Gasteiger partial charge in [-0.15, -0.1) is 0 Å². The Hall–Kier alpha value is -1.94. The second-order valence-electron chi connectivity index (χ2n) is 4.43. The average molecular weight is 243 g/mol. The largest absolute Gasteiger partial charge is 0.369 e. The van der Waals surface area contributed by atoms with Crippen LogP contribution in [0.15, 0.2) is 36.5 Å². The van der Waals surface area contributed by atoms with Crippen LogP contribution >= 0.6 is 0 Å². The van der Waals surface area contributed by atoms with Crippen LogP contribution in [0.5, 0.6) is 0 Å². The van der Waals surface area contributed by atoms with Gasteiger partial charge in [0.05, 0.1) is 5.52 Å². The van der Waals surface area contributed by atoms with Crippen molar-refractivity contribution < 1.29 is 4.79 Å². The van der Waals surface area contributed by atoms with Crippen molar-refractivity contribution >= 4 is 16.8 Å². The molecule has 2 aromatic rings. The average Bonchev–Trinajstić information content (AvgIpc) is 2.38. The molecule has 0 radical (unpaired) electrons. The molecule has 0 bridgehead atoms. The first-order chi connectivity index (χ1) is 8.68. The Kier molecular flexibility index (Phi) is 3.89. The minimum atomic E-state index is -0.279. The minimum Gasteiger partial charge on any atom is -0.369 e. The molecule has 1 aromatic carbocycles. The summed E-state index contributed by atoms with van der Waals surface area (Å²) in [5.74, 6) is -0.438. The number of carbonyl (C=O) groups excluding carboxylic acids is 1. The van der Waals surface area contributed by atoms with Gasteiger partial charge in [0.15, 0.2) is 0 Å². The highest BCUT2D eigenvalue weighted by Crippen LogP contribution is 2.15. The summed E-state index contributed by atoms with van der Waals surface area (Å²) in [6.07, 6.45) is 1.79. The topological polar surface area (TPSA) is 68.0 Å². The van der Waals surface area contributed by atoms with E-state index in [1.165, 1.54) is 0 Å². The molecule has 1 aromatic heterocycles. The number of nitrogens with two attached hydrogens (primary N) is 1. The summed E-state index contributed by atoms with van der Waals surface area (Å²) >= 11 is 0. The summed E-state index contributed by atoms with van der Waals surface area (Å²) in [6, 6.07) is 10.1. The first kappa shape index (κ1) is 12.5. The van der Waals surface area contributed by atoms with Gasteiger partial charge in [0.2, 0.25) is 5.91 Å². The first-order valence-electron chi connectivity index (χ1n) is 6.01. The fourth-order valence-electron chi connectivity index (χ4n) is 1.83. The van der Waals surface area contributed by atoms with E-state index in [9.17, 15) is 4.79 Å². The van der Waals surface area contributed by atoms with Crippen molar-refractivity contribution in [3.63, 3.8) is 0 Å². The van der Waals surface area contributed by atoms with E-state index < -0.39 is 0 Å². The Morgan fingerprint density at radius 1 is 1.39 bits per heavy atom. The lowest BCUT2D eigenvalue weighted by Gasteiger charge is -2.10. The number of carbonyl (C=O) groups is 1. The van der Waals surface area contributed by atoms with Gasteiger partial charge in [0.1, 0.15) is 0 Å². The molecule has 4 nitrogen and oxygen atoms in total. The molecular weight excluding hydrogens is 226 g/mol. The number of amides is 1. The van der Waals surface area contributed by atoms with E-state index in [1.54, 1.807) is 6.20 Å². The van der Waals surface area contributed by atoms with Gasteiger partial charge in [-0.3, -0.25) is 9.78 Å². The maximum Gasteiger partial charge on any atom is 0.221 e. The molecule has 0 fully saturated rings. The minimum absolute atomic E-state index is 0.159. The quantitative estimate of drug-likeness (QED) is 0.835. The molecule has 0 spiro atoms. The Bertz CT molecular complexity index is 548. The fraction of sp³-hybridized carbons (Fsp3) is 0.286. The first-order valence-corrected chi connectivity index (χ1v) is 6.01. The molecular formula is C14H17N3O. The predicted octanol–water partition coefficient (Wildman–Crippen LogP) is 1.45. The van der Waals surface area contributed by atoms with Crippen LogP contribution in [0.4, 0.5) is 0 Å². The lowest BCUT2D eigenvalue weighted by molar-refractivity contribution is -0.121. The molecule has 0 aliphatic carbocycles. The van der Waals surface area contributed by atoms with Gasteiger partial charge in [-0.05, 0) is 11.6 Å². The lowest BCUT2D eigenvalue weighted by Crippen LogP contribution is -2.30. The van der Waals surface area contributed by atoms with Crippen molar-refractivity contribution in [2.75, 3.05) is 6.54 Å². The fourth-order valence-corrected chi connectivity index (χ4v) is 1.83. The number of aromatic nitrogens is 1. The van der Waals surface area contributed by atoms with Gasteiger partial charge in [-0.25, -0.2) is 0 Å². The van der Waals surface area contributed by atoms with Gasteiger partial charge in [0, 0.05) is 30.6 Å². The van der Waals surface area contributed by atoms with Crippen LogP contribution in [-0.2, 0) is 11.3 Å². The molecule has 1 atom stereocenters. The highest BCUT2D eigenvalue weighted by atomic mass is 16.1. The molecule has 0 aliphatic heterocycles. The summed E-state index contributed by atoms with van der Waals surface area (Å²) in [7, 11) is 0.